The van der Waals surface area contributed by atoms with Crippen LogP contribution in [0.3, 0.4) is 0 Å². The first-order chi connectivity index (χ1) is 7.27. The maximum Gasteiger partial charge on any atom is 0.338 e. The molecule has 2 saturated heterocycles. The summed E-state index contributed by atoms with van der Waals surface area (Å²) < 4.78 is 21.9. The maximum atomic E-state index is 11.8. The second kappa shape index (κ2) is 3.42. The van der Waals surface area contributed by atoms with Gasteiger partial charge in [-0.2, -0.15) is 0 Å². The van der Waals surface area contributed by atoms with Gasteiger partial charge in [0.15, 0.2) is 11.9 Å². The van der Waals surface area contributed by atoms with Crippen molar-refractivity contribution >= 4 is 5.97 Å². The van der Waals surface area contributed by atoms with Crippen LogP contribution in [0.2, 0.25) is 0 Å². The third kappa shape index (κ3) is 1.73. The van der Waals surface area contributed by atoms with Crippen LogP contribution in [0.5, 0.6) is 0 Å². The summed E-state index contributed by atoms with van der Waals surface area (Å²) in [6.45, 7) is 7.17. The molecule has 5 nitrogen and oxygen atoms in total. The van der Waals surface area contributed by atoms with Crippen molar-refractivity contribution in [3.05, 3.63) is 0 Å². The van der Waals surface area contributed by atoms with Crippen LogP contribution in [0.15, 0.2) is 0 Å². The van der Waals surface area contributed by atoms with Crippen LogP contribution in [0, 0.1) is 0 Å². The van der Waals surface area contributed by atoms with E-state index in [1.54, 1.807) is 21.0 Å². The molecule has 0 saturated carbocycles. The van der Waals surface area contributed by atoms with Crippen molar-refractivity contribution in [2.24, 2.45) is 0 Å². The Labute approximate surface area is 95.0 Å². The van der Waals surface area contributed by atoms with Gasteiger partial charge < -0.3 is 18.9 Å². The number of rotatable bonds is 1. The number of esters is 1. The molecule has 0 aromatic rings. The molecule has 2 rings (SSSR count). The third-order valence-electron chi connectivity index (χ3n) is 2.96. The van der Waals surface area contributed by atoms with Crippen molar-refractivity contribution in [3.8, 4) is 0 Å². The highest BCUT2D eigenvalue weighted by Crippen LogP contribution is 2.39. The van der Waals surface area contributed by atoms with Crippen LogP contribution in [-0.2, 0) is 23.7 Å². The largest absolute Gasteiger partial charge is 0.455 e. The fourth-order valence-corrected chi connectivity index (χ4v) is 2.38. The zero-order valence-electron chi connectivity index (χ0n) is 10.3. The Balaban J connectivity index is 2.30. The van der Waals surface area contributed by atoms with Crippen molar-refractivity contribution in [1.29, 1.82) is 0 Å². The summed E-state index contributed by atoms with van der Waals surface area (Å²) in [6, 6.07) is 0. The Hall–Kier alpha value is -0.650. The molecule has 2 aliphatic rings. The highest BCUT2D eigenvalue weighted by atomic mass is 16.8. The highest BCUT2D eigenvalue weighted by Gasteiger charge is 2.58. The van der Waals surface area contributed by atoms with Crippen LogP contribution < -0.4 is 0 Å². The van der Waals surface area contributed by atoms with Crippen molar-refractivity contribution < 1.29 is 23.7 Å². The zero-order chi connectivity index (χ0) is 12.1. The molecular weight excluding hydrogens is 212 g/mol. The number of cyclic esters (lactones) is 1. The number of methoxy groups -OCH3 is 1. The minimum absolute atomic E-state index is 0.322. The Morgan fingerprint density at radius 1 is 1.19 bits per heavy atom. The van der Waals surface area contributed by atoms with Gasteiger partial charge in [-0.1, -0.05) is 0 Å². The Morgan fingerprint density at radius 2 is 1.81 bits per heavy atom. The summed E-state index contributed by atoms with van der Waals surface area (Å²) in [6.07, 6.45) is -1.42. The number of carbonyl (C=O) groups is 1. The van der Waals surface area contributed by atoms with Crippen molar-refractivity contribution in [2.45, 2.75) is 57.4 Å². The van der Waals surface area contributed by atoms with Gasteiger partial charge in [0.2, 0.25) is 0 Å². The zero-order valence-corrected chi connectivity index (χ0v) is 10.3. The molecular formula is C11H18O5. The topological polar surface area (TPSA) is 54.0 Å². The smallest absolute Gasteiger partial charge is 0.338 e. The molecule has 0 unspecified atom stereocenters. The van der Waals surface area contributed by atoms with E-state index in [0.29, 0.717) is 0 Å². The Morgan fingerprint density at radius 3 is 2.38 bits per heavy atom. The van der Waals surface area contributed by atoms with E-state index in [1.165, 1.54) is 0 Å². The third-order valence-corrected chi connectivity index (χ3v) is 2.96. The van der Waals surface area contributed by atoms with Gasteiger partial charge in [0.1, 0.15) is 17.8 Å². The van der Waals surface area contributed by atoms with E-state index in [9.17, 15) is 4.79 Å². The molecule has 0 amide bonds. The van der Waals surface area contributed by atoms with E-state index in [0.717, 1.165) is 0 Å². The van der Waals surface area contributed by atoms with Crippen LogP contribution in [0.1, 0.15) is 27.7 Å². The summed E-state index contributed by atoms with van der Waals surface area (Å²) in [5.41, 5.74) is -0.698. The van der Waals surface area contributed by atoms with Crippen molar-refractivity contribution in [2.75, 3.05) is 7.11 Å². The molecule has 0 bridgehead atoms. The lowest BCUT2D eigenvalue weighted by Gasteiger charge is -2.41. The van der Waals surface area contributed by atoms with Gasteiger partial charge in [0.05, 0.1) is 0 Å². The molecule has 0 N–H and O–H groups in total. The average molecular weight is 230 g/mol. The fourth-order valence-electron chi connectivity index (χ4n) is 2.38. The quantitative estimate of drug-likeness (QED) is 0.625. The molecule has 3 atom stereocenters. The predicted molar refractivity (Wildman–Crippen MR) is 54.8 cm³/mol. The van der Waals surface area contributed by atoms with Gasteiger partial charge in [0, 0.05) is 7.11 Å². The number of carbonyl (C=O) groups excluding carboxylic acids is 1. The van der Waals surface area contributed by atoms with Gasteiger partial charge in [0.25, 0.3) is 0 Å². The van der Waals surface area contributed by atoms with Crippen LogP contribution in [0.4, 0.5) is 0 Å². The first-order valence-corrected chi connectivity index (χ1v) is 5.38. The first-order valence-electron chi connectivity index (χ1n) is 5.38. The normalized spacial score (nSPS) is 40.3. The molecule has 0 aliphatic carbocycles. The summed E-state index contributed by atoms with van der Waals surface area (Å²) >= 11 is 0. The van der Waals surface area contributed by atoms with E-state index in [2.05, 4.69) is 0 Å². The van der Waals surface area contributed by atoms with E-state index < -0.39 is 23.6 Å². The summed E-state index contributed by atoms with van der Waals surface area (Å²) in [5, 5.41) is 0. The molecule has 0 aromatic carbocycles. The van der Waals surface area contributed by atoms with Gasteiger partial charge in [-0.15, -0.1) is 0 Å². The van der Waals surface area contributed by atoms with E-state index in [4.69, 9.17) is 18.9 Å². The molecule has 2 heterocycles. The van der Waals surface area contributed by atoms with Crippen LogP contribution in [-0.4, -0.2) is 42.8 Å². The van der Waals surface area contributed by atoms with E-state index in [1.807, 2.05) is 13.8 Å². The molecule has 0 radical (unpaired) electrons. The molecule has 0 spiro atoms. The van der Waals surface area contributed by atoms with Crippen LogP contribution >= 0.6 is 0 Å². The summed E-state index contributed by atoms with van der Waals surface area (Å²) in [7, 11) is 1.58. The van der Waals surface area contributed by atoms with Crippen molar-refractivity contribution in [3.63, 3.8) is 0 Å². The van der Waals surface area contributed by atoms with Crippen molar-refractivity contribution in [1.82, 2.24) is 0 Å². The van der Waals surface area contributed by atoms with E-state index in [-0.39, 0.29) is 12.1 Å². The van der Waals surface area contributed by atoms with Crippen LogP contribution in [0.25, 0.3) is 0 Å². The number of hydrogen-bond acceptors (Lipinski definition) is 5. The summed E-state index contributed by atoms with van der Waals surface area (Å²) in [4.78, 5) is 11.8. The number of fused-ring (bicyclic) bond motifs is 1. The minimum Gasteiger partial charge on any atom is -0.455 e. The molecule has 2 fully saturated rings. The van der Waals surface area contributed by atoms with Gasteiger partial charge in [-0.05, 0) is 27.7 Å². The lowest BCUT2D eigenvalue weighted by atomic mass is 9.90. The number of hydrogen-bond donors (Lipinski definition) is 0. The van der Waals surface area contributed by atoms with Gasteiger partial charge >= 0.3 is 5.97 Å². The Kier molecular flexibility index (Phi) is 2.53. The standard InChI is InChI=1S/C11H18O5/c1-10(2)8(13-5)6-7(9(12)16-10)15-11(3,4)14-6/h6-8H,1-5H3/t6-,7+,8+/m1/s1. The Bertz CT molecular complexity index is 309. The lowest BCUT2D eigenvalue weighted by molar-refractivity contribution is -0.210. The second-order valence-corrected chi connectivity index (χ2v) is 5.20. The second-order valence-electron chi connectivity index (χ2n) is 5.20. The average Bonchev–Trinajstić information content (AvgIpc) is 2.40. The molecule has 92 valence electrons. The monoisotopic (exact) mass is 230 g/mol. The first kappa shape index (κ1) is 11.8. The lowest BCUT2D eigenvalue weighted by Crippen LogP contribution is -2.59. The van der Waals surface area contributed by atoms with Gasteiger partial charge in [-0.3, -0.25) is 0 Å². The summed E-state index contributed by atoms with van der Waals surface area (Å²) in [5.74, 6) is -1.15. The molecule has 2 aliphatic heterocycles. The van der Waals surface area contributed by atoms with Gasteiger partial charge in [-0.25, -0.2) is 4.79 Å². The minimum atomic E-state index is -0.772. The predicted octanol–water partition coefficient (Wildman–Crippen LogP) is 0.857. The SMILES string of the molecule is CO[C@H]1[C@@H]2OC(C)(C)O[C@@H]2C(=O)OC1(C)C. The molecule has 0 aromatic heterocycles. The fraction of sp³-hybridized carbons (Fsp3) is 0.909. The maximum absolute atomic E-state index is 11.8. The number of ether oxygens (including phenoxy) is 4. The van der Waals surface area contributed by atoms with E-state index >= 15 is 0 Å². The molecule has 5 heteroatoms. The molecule has 16 heavy (non-hydrogen) atoms. The highest BCUT2D eigenvalue weighted by molar-refractivity contribution is 5.77.